The zero-order valence-electron chi connectivity index (χ0n) is 10.3. The third-order valence-electron chi connectivity index (χ3n) is 2.69. The lowest BCUT2D eigenvalue weighted by Crippen LogP contribution is -2.13. The van der Waals surface area contributed by atoms with E-state index in [0.717, 1.165) is 6.07 Å². The van der Waals surface area contributed by atoms with Crippen molar-refractivity contribution in [1.82, 2.24) is 4.98 Å². The van der Waals surface area contributed by atoms with Crippen LogP contribution in [0.4, 0.5) is 10.1 Å². The third-order valence-corrected chi connectivity index (χ3v) is 4.04. The Morgan fingerprint density at radius 2 is 2.11 bits per heavy atom. The van der Waals surface area contributed by atoms with E-state index in [4.69, 9.17) is 5.73 Å². The zero-order chi connectivity index (χ0) is 14.0. The Bertz CT molecular complexity index is 695. The van der Waals surface area contributed by atoms with Crippen LogP contribution < -0.4 is 10.5 Å². The van der Waals surface area contributed by atoms with Crippen LogP contribution in [0.2, 0.25) is 0 Å². The van der Waals surface area contributed by atoms with Crippen molar-refractivity contribution in [3.63, 3.8) is 0 Å². The van der Waals surface area contributed by atoms with E-state index in [2.05, 4.69) is 9.71 Å². The summed E-state index contributed by atoms with van der Waals surface area (Å²) in [5.41, 5.74) is 6.87. The lowest BCUT2D eigenvalue weighted by molar-refractivity contribution is 0.601. The second kappa shape index (κ2) is 5.02. The molecule has 0 aliphatic heterocycles. The first kappa shape index (κ1) is 13.6. The maximum atomic E-state index is 13.1. The number of aromatic amines is 1. The summed E-state index contributed by atoms with van der Waals surface area (Å²) in [7, 11) is -3.75. The number of nitrogens with two attached hydrogens (primary N) is 1. The molecule has 1 aromatic heterocycles. The van der Waals surface area contributed by atoms with E-state index in [1.807, 2.05) is 0 Å². The minimum absolute atomic E-state index is 0.0663. The minimum atomic E-state index is -3.75. The Hall–Kier alpha value is -1.86. The Balaban J connectivity index is 2.33. The summed E-state index contributed by atoms with van der Waals surface area (Å²) in [6, 6.07) is 5.37. The van der Waals surface area contributed by atoms with Gasteiger partial charge in [0.1, 0.15) is 10.7 Å². The van der Waals surface area contributed by atoms with Gasteiger partial charge in [-0.2, -0.15) is 0 Å². The fourth-order valence-corrected chi connectivity index (χ4v) is 2.74. The highest BCUT2D eigenvalue weighted by Gasteiger charge is 2.17. The molecule has 2 aromatic rings. The first-order chi connectivity index (χ1) is 8.92. The maximum absolute atomic E-state index is 13.1. The number of aromatic nitrogens is 1. The molecule has 0 aliphatic carbocycles. The van der Waals surface area contributed by atoms with Gasteiger partial charge in [-0.15, -0.1) is 0 Å². The van der Waals surface area contributed by atoms with E-state index >= 15 is 0 Å². The largest absolute Gasteiger partial charge is 0.363 e. The molecule has 4 N–H and O–H groups in total. The Labute approximate surface area is 110 Å². The average Bonchev–Trinajstić information content (AvgIpc) is 2.83. The van der Waals surface area contributed by atoms with E-state index in [-0.39, 0.29) is 17.1 Å². The molecule has 1 aromatic carbocycles. The van der Waals surface area contributed by atoms with Gasteiger partial charge in [-0.3, -0.25) is 4.72 Å². The number of halogens is 1. The molecule has 7 heteroatoms. The lowest BCUT2D eigenvalue weighted by atomic mass is 10.2. The van der Waals surface area contributed by atoms with Crippen molar-refractivity contribution in [3.05, 3.63) is 47.5 Å². The number of rotatable bonds is 4. The summed E-state index contributed by atoms with van der Waals surface area (Å²) in [6.07, 6.45) is 1.35. The SMILES string of the molecule is Cc1ccc(F)cc1NS(=O)(=O)c1c[nH]c(CN)c1. The molecule has 5 nitrogen and oxygen atoms in total. The van der Waals surface area contributed by atoms with Crippen molar-refractivity contribution in [2.75, 3.05) is 4.72 Å². The molecule has 19 heavy (non-hydrogen) atoms. The number of benzene rings is 1. The number of hydrogen-bond acceptors (Lipinski definition) is 3. The van der Waals surface area contributed by atoms with Crippen molar-refractivity contribution in [2.24, 2.45) is 5.73 Å². The molecule has 0 bridgehead atoms. The van der Waals surface area contributed by atoms with Gasteiger partial charge in [-0.25, -0.2) is 12.8 Å². The highest BCUT2D eigenvalue weighted by Crippen LogP contribution is 2.21. The predicted molar refractivity (Wildman–Crippen MR) is 70.6 cm³/mol. The summed E-state index contributed by atoms with van der Waals surface area (Å²) < 4.78 is 39.7. The topological polar surface area (TPSA) is 88.0 Å². The summed E-state index contributed by atoms with van der Waals surface area (Å²) in [5.74, 6) is -0.500. The quantitative estimate of drug-likeness (QED) is 0.798. The van der Waals surface area contributed by atoms with Crippen LogP contribution in [0.3, 0.4) is 0 Å². The van der Waals surface area contributed by atoms with Gasteiger partial charge in [0.25, 0.3) is 10.0 Å². The first-order valence-electron chi connectivity index (χ1n) is 5.59. The van der Waals surface area contributed by atoms with Gasteiger partial charge in [0.05, 0.1) is 5.69 Å². The maximum Gasteiger partial charge on any atom is 0.263 e. The summed E-state index contributed by atoms with van der Waals surface area (Å²) in [6.45, 7) is 1.91. The van der Waals surface area contributed by atoms with Crippen molar-refractivity contribution in [3.8, 4) is 0 Å². The van der Waals surface area contributed by atoms with Crippen molar-refractivity contribution < 1.29 is 12.8 Å². The number of sulfonamides is 1. The summed E-state index contributed by atoms with van der Waals surface area (Å²) >= 11 is 0. The molecule has 0 spiro atoms. The smallest absolute Gasteiger partial charge is 0.263 e. The van der Waals surface area contributed by atoms with Crippen LogP contribution in [0.5, 0.6) is 0 Å². The highest BCUT2D eigenvalue weighted by molar-refractivity contribution is 7.92. The molecule has 1 heterocycles. The van der Waals surface area contributed by atoms with Crippen LogP contribution in [0.25, 0.3) is 0 Å². The molecule has 0 unspecified atom stereocenters. The van der Waals surface area contributed by atoms with E-state index in [1.54, 1.807) is 6.92 Å². The third kappa shape index (κ3) is 2.94. The number of nitrogens with one attached hydrogen (secondary N) is 2. The van der Waals surface area contributed by atoms with Crippen LogP contribution in [0.1, 0.15) is 11.3 Å². The van der Waals surface area contributed by atoms with Crippen LogP contribution >= 0.6 is 0 Å². The van der Waals surface area contributed by atoms with Gasteiger partial charge in [-0.05, 0) is 30.7 Å². The van der Waals surface area contributed by atoms with Crippen molar-refractivity contribution in [2.45, 2.75) is 18.4 Å². The van der Waals surface area contributed by atoms with Gasteiger partial charge in [-0.1, -0.05) is 6.07 Å². The molecule has 0 radical (unpaired) electrons. The molecule has 0 saturated heterocycles. The van der Waals surface area contributed by atoms with Gasteiger partial charge in [0.15, 0.2) is 0 Å². The Kier molecular flexibility index (Phi) is 3.59. The number of anilines is 1. The fourth-order valence-electron chi connectivity index (χ4n) is 1.60. The summed E-state index contributed by atoms with van der Waals surface area (Å²) in [5, 5.41) is 0. The van der Waals surface area contributed by atoms with Gasteiger partial charge in [0, 0.05) is 18.4 Å². The van der Waals surface area contributed by atoms with Crippen LogP contribution in [-0.4, -0.2) is 13.4 Å². The van der Waals surface area contributed by atoms with Crippen molar-refractivity contribution in [1.29, 1.82) is 0 Å². The van der Waals surface area contributed by atoms with E-state index in [1.165, 1.54) is 24.4 Å². The van der Waals surface area contributed by atoms with Gasteiger partial charge >= 0.3 is 0 Å². The standard InChI is InChI=1S/C12H14FN3O2S/c1-8-2-3-9(13)4-12(8)16-19(17,18)11-5-10(6-14)15-7-11/h2-5,7,15-16H,6,14H2,1H3. The van der Waals surface area contributed by atoms with E-state index in [0.29, 0.717) is 11.3 Å². The van der Waals surface area contributed by atoms with Crippen LogP contribution in [-0.2, 0) is 16.6 Å². The van der Waals surface area contributed by atoms with Crippen molar-refractivity contribution >= 4 is 15.7 Å². The molecule has 0 aliphatic rings. The Morgan fingerprint density at radius 3 is 2.74 bits per heavy atom. The number of H-pyrrole nitrogens is 1. The summed E-state index contributed by atoms with van der Waals surface area (Å²) in [4.78, 5) is 2.82. The normalized spacial score (nSPS) is 11.5. The lowest BCUT2D eigenvalue weighted by Gasteiger charge is -2.09. The average molecular weight is 283 g/mol. The monoisotopic (exact) mass is 283 g/mol. The molecule has 0 saturated carbocycles. The molecule has 102 valence electrons. The molecule has 2 rings (SSSR count). The predicted octanol–water partition coefficient (Wildman–Crippen LogP) is 1.72. The molecular formula is C12H14FN3O2S. The minimum Gasteiger partial charge on any atom is -0.363 e. The van der Waals surface area contributed by atoms with E-state index < -0.39 is 15.8 Å². The van der Waals surface area contributed by atoms with Gasteiger partial charge < -0.3 is 10.7 Å². The van der Waals surface area contributed by atoms with E-state index in [9.17, 15) is 12.8 Å². The van der Waals surface area contributed by atoms with Crippen LogP contribution in [0, 0.1) is 12.7 Å². The molecule has 0 fully saturated rings. The Morgan fingerprint density at radius 1 is 1.37 bits per heavy atom. The number of aryl methyl sites for hydroxylation is 1. The highest BCUT2D eigenvalue weighted by atomic mass is 32.2. The number of hydrogen-bond donors (Lipinski definition) is 3. The van der Waals surface area contributed by atoms with Gasteiger partial charge in [0.2, 0.25) is 0 Å². The molecule has 0 atom stereocenters. The zero-order valence-corrected chi connectivity index (χ0v) is 11.1. The fraction of sp³-hybridized carbons (Fsp3) is 0.167. The first-order valence-corrected chi connectivity index (χ1v) is 7.07. The second-order valence-electron chi connectivity index (χ2n) is 4.13. The second-order valence-corrected chi connectivity index (χ2v) is 5.81. The molecule has 0 amide bonds. The van der Waals surface area contributed by atoms with Crippen LogP contribution in [0.15, 0.2) is 35.4 Å². The molecular weight excluding hydrogens is 269 g/mol.